The number of aliphatic hydroxyl groups excluding tert-OH is 4. The molecular weight excluding hydrogens is 955 g/mol. The summed E-state index contributed by atoms with van der Waals surface area (Å²) in [6.07, 6.45) is -8.25. The molecule has 2 aliphatic rings. The second kappa shape index (κ2) is 24.1. The molecule has 2 aliphatic heterocycles. The zero-order valence-corrected chi connectivity index (χ0v) is 38.7. The van der Waals surface area contributed by atoms with Crippen LogP contribution in [0.5, 0.6) is 0 Å². The number of nitrogens with one attached hydrogen (secondary N) is 2. The number of aromatic nitrogens is 4. The molecule has 4 heterocycles. The molecular formula is C33H52N7O21P3S-4. The molecule has 2 aromatic heterocycles. The number of nitrogens with two attached hydrogens (primary N) is 1. The largest absolute Gasteiger partial charge is 0.790 e. The Bertz CT molecular complexity index is 2070. The number of unbranched alkanes of at least 4 members (excludes halogenated alkanes) is 2. The van der Waals surface area contributed by atoms with Gasteiger partial charge in [-0.25, -0.2) is 19.3 Å². The number of ether oxygens (including phenoxy) is 3. The number of fused-ring (bicyclic) bond motifs is 1. The van der Waals surface area contributed by atoms with Gasteiger partial charge in [-0.15, -0.1) is 0 Å². The Hall–Kier alpha value is -2.60. The van der Waals surface area contributed by atoms with Crippen LogP contribution < -0.4 is 35.9 Å². The number of phosphoric ester groups is 3. The molecule has 0 radical (unpaired) electrons. The van der Waals surface area contributed by atoms with E-state index in [9.17, 15) is 68.1 Å². The first-order valence-electron chi connectivity index (χ1n) is 19.9. The third kappa shape index (κ3) is 17.1. The Morgan fingerprint density at radius 1 is 0.985 bits per heavy atom. The highest BCUT2D eigenvalue weighted by Gasteiger charge is 2.47. The van der Waals surface area contributed by atoms with Crippen molar-refractivity contribution in [1.29, 1.82) is 0 Å². The molecule has 4 rings (SSSR count). The Morgan fingerprint density at radius 3 is 2.40 bits per heavy atom. The van der Waals surface area contributed by atoms with E-state index in [1.165, 1.54) is 13.8 Å². The number of anilines is 1. The fourth-order valence-electron chi connectivity index (χ4n) is 6.19. The first-order valence-corrected chi connectivity index (χ1v) is 25.3. The van der Waals surface area contributed by atoms with Gasteiger partial charge in [-0.2, -0.15) is 0 Å². The van der Waals surface area contributed by atoms with Crippen LogP contribution in [0, 0.1) is 5.41 Å². The highest BCUT2D eigenvalue weighted by atomic mass is 32.2. The average molecular weight is 1010 g/mol. The number of nitrogens with zero attached hydrogens (tertiary/aromatic N) is 4. The zero-order valence-electron chi connectivity index (χ0n) is 35.2. The van der Waals surface area contributed by atoms with Crippen LogP contribution >= 0.6 is 35.2 Å². The summed E-state index contributed by atoms with van der Waals surface area (Å²) in [5.74, 6) is -1.32. The van der Waals surface area contributed by atoms with Crippen molar-refractivity contribution in [2.75, 3.05) is 44.4 Å². The molecule has 0 aliphatic carbocycles. The van der Waals surface area contributed by atoms with Crippen molar-refractivity contribution in [3.63, 3.8) is 0 Å². The van der Waals surface area contributed by atoms with E-state index >= 15 is 0 Å². The topological polar surface area (TPSA) is 434 Å². The minimum Gasteiger partial charge on any atom is -0.790 e. The number of nitrogen functional groups attached to an aromatic ring is 1. The third-order valence-corrected chi connectivity index (χ3v) is 13.7. The predicted octanol–water partition coefficient (Wildman–Crippen LogP) is -3.43. The summed E-state index contributed by atoms with van der Waals surface area (Å²) in [5.41, 5.74) is 4.03. The van der Waals surface area contributed by atoms with Crippen molar-refractivity contribution < 1.29 is 100 Å². The number of hydrogen-bond donors (Lipinski definition) is 7. The minimum atomic E-state index is -5.94. The summed E-state index contributed by atoms with van der Waals surface area (Å²) in [7, 11) is -17.7. The van der Waals surface area contributed by atoms with Crippen LogP contribution in [-0.4, -0.2) is 145 Å². The van der Waals surface area contributed by atoms with Crippen molar-refractivity contribution in [3.8, 4) is 0 Å². The fraction of sp³-hybridized carbons (Fsp3) is 0.758. The number of rotatable bonds is 26. The van der Waals surface area contributed by atoms with E-state index in [1.807, 2.05) is 0 Å². The summed E-state index contributed by atoms with van der Waals surface area (Å²) >= 11 is 1.04. The number of thioether (sulfide) groups is 1. The third-order valence-electron chi connectivity index (χ3n) is 9.74. The summed E-state index contributed by atoms with van der Waals surface area (Å²) in [4.78, 5) is 96.6. The van der Waals surface area contributed by atoms with E-state index in [1.54, 1.807) is 6.92 Å². The molecule has 2 amide bonds. The van der Waals surface area contributed by atoms with Gasteiger partial charge in [0.25, 0.3) is 15.6 Å². The quantitative estimate of drug-likeness (QED) is 0.0356. The van der Waals surface area contributed by atoms with Crippen molar-refractivity contribution in [3.05, 3.63) is 12.7 Å². The van der Waals surface area contributed by atoms with Crippen molar-refractivity contribution in [1.82, 2.24) is 30.2 Å². The summed E-state index contributed by atoms with van der Waals surface area (Å²) in [6, 6.07) is 0. The van der Waals surface area contributed by atoms with E-state index < -0.39 is 109 Å². The number of carbonyl (C=O) groups is 3. The van der Waals surface area contributed by atoms with E-state index in [0.717, 1.165) is 29.0 Å². The summed E-state index contributed by atoms with van der Waals surface area (Å²) in [6.45, 7) is 1.98. The lowest BCUT2D eigenvalue weighted by molar-refractivity contribution is -0.347. The highest BCUT2D eigenvalue weighted by Crippen LogP contribution is 2.56. The number of aliphatic hydroxyl groups is 4. The van der Waals surface area contributed by atoms with Crippen LogP contribution in [0.25, 0.3) is 11.2 Å². The molecule has 2 fully saturated rings. The first-order chi connectivity index (χ1) is 30.3. The van der Waals surface area contributed by atoms with E-state index in [0.29, 0.717) is 32.3 Å². The smallest absolute Gasteiger partial charge is 0.274 e. The lowest BCUT2D eigenvalue weighted by atomic mass is 9.87. The first kappa shape index (κ1) is 55.0. The molecule has 11 atom stereocenters. The monoisotopic (exact) mass is 1010 g/mol. The molecule has 2 unspecified atom stereocenters. The number of amides is 2. The molecule has 0 aromatic carbocycles. The van der Waals surface area contributed by atoms with Crippen LogP contribution in [0.2, 0.25) is 0 Å². The number of imidazole rings is 1. The molecule has 8 N–H and O–H groups in total. The normalized spacial score (nSPS) is 26.3. The molecule has 0 bridgehead atoms. The number of phosphoric acid groups is 3. The second-order valence-corrected chi connectivity index (χ2v) is 20.7. The SMILES string of the molecule is C[C@@H]1O[C@@H](OCCCCCC(=O)SCCNC(=O)CCNC(=O)[C@H](O)C(C)(C)COP(=O)([O-])OP(=O)([O-])OC[C@H]2O[C@@H](n3cnc4c(N)ncnc43)[C@H](O)[C@@H]2OP(=O)([O-])[O-])[C@H](O)C[C@H]1O. The van der Waals surface area contributed by atoms with Gasteiger partial charge >= 0.3 is 0 Å². The van der Waals surface area contributed by atoms with Gasteiger partial charge in [-0.1, -0.05) is 32.0 Å². The Labute approximate surface area is 375 Å². The summed E-state index contributed by atoms with van der Waals surface area (Å²) in [5, 5.41) is 45.9. The molecule has 28 nitrogen and oxygen atoms in total. The van der Waals surface area contributed by atoms with E-state index in [-0.39, 0.29) is 53.8 Å². The minimum absolute atomic E-state index is 0.0294. The Balaban J connectivity index is 1.12. The van der Waals surface area contributed by atoms with Crippen LogP contribution in [0.4, 0.5) is 5.82 Å². The Morgan fingerprint density at radius 2 is 1.69 bits per heavy atom. The molecule has 370 valence electrons. The standard InChI is InChI=1S/C33H56N7O21P3S/c1-18-19(41)13-20(42)32(58-18)55-11-6-4-5-7-23(44)65-12-10-35-22(43)8-9-36-30(47)27(46)33(2,3)15-57-64(53,54)61-63(51,52)56-14-21-26(60-62(48,49)50)25(45)31(59-21)40-17-39-24-28(34)37-16-38-29(24)40/h16-21,25-27,31-32,41-42,45-46H,4-15H2,1-3H3,(H,35,43)(H,36,47)(H,51,52)(H,53,54)(H2,34,37,38)(H2,48,49,50)/p-4/t18-,19+,20+,21+,25+,26+,27-,31+,32+/m0/s1. The van der Waals surface area contributed by atoms with Gasteiger partial charge < -0.3 is 88.7 Å². The van der Waals surface area contributed by atoms with Gasteiger partial charge in [0.2, 0.25) is 11.8 Å². The predicted molar refractivity (Wildman–Crippen MR) is 214 cm³/mol. The maximum atomic E-state index is 12.6. The van der Waals surface area contributed by atoms with Crippen molar-refractivity contribution >= 4 is 69.1 Å². The van der Waals surface area contributed by atoms with Crippen molar-refractivity contribution in [2.24, 2.45) is 5.41 Å². The van der Waals surface area contributed by atoms with Gasteiger partial charge in [0, 0.05) is 50.1 Å². The Kier molecular flexibility index (Phi) is 20.4. The van der Waals surface area contributed by atoms with Crippen LogP contribution in [0.1, 0.15) is 65.5 Å². The van der Waals surface area contributed by atoms with Crippen LogP contribution in [-0.2, 0) is 60.2 Å². The van der Waals surface area contributed by atoms with Gasteiger partial charge in [0.1, 0.15) is 42.4 Å². The van der Waals surface area contributed by atoms with Gasteiger partial charge in [0.15, 0.2) is 29.1 Å². The average Bonchev–Trinajstić information content (AvgIpc) is 3.77. The summed E-state index contributed by atoms with van der Waals surface area (Å²) < 4.78 is 71.7. The van der Waals surface area contributed by atoms with E-state index in [4.69, 9.17) is 19.9 Å². The maximum absolute atomic E-state index is 12.6. The lowest BCUT2D eigenvalue weighted by Gasteiger charge is -2.36. The molecule has 2 saturated heterocycles. The van der Waals surface area contributed by atoms with E-state index in [2.05, 4.69) is 43.5 Å². The molecule has 0 saturated carbocycles. The van der Waals surface area contributed by atoms with Crippen LogP contribution in [0.3, 0.4) is 0 Å². The zero-order chi connectivity index (χ0) is 48.3. The fourth-order valence-corrected chi connectivity index (χ4v) is 9.64. The second-order valence-electron chi connectivity index (χ2n) is 15.5. The number of hydrogen-bond acceptors (Lipinski definition) is 26. The van der Waals surface area contributed by atoms with Gasteiger partial charge in [-0.3, -0.25) is 28.1 Å². The van der Waals surface area contributed by atoms with Crippen LogP contribution in [0.15, 0.2) is 12.7 Å². The molecule has 0 spiro atoms. The molecule has 2 aromatic rings. The highest BCUT2D eigenvalue weighted by molar-refractivity contribution is 8.13. The lowest BCUT2D eigenvalue weighted by Crippen LogP contribution is -2.47. The van der Waals surface area contributed by atoms with Gasteiger partial charge in [0.05, 0.1) is 39.6 Å². The number of carbonyl (C=O) groups excluding carboxylic acids is 3. The molecule has 32 heteroatoms. The molecule has 65 heavy (non-hydrogen) atoms. The van der Waals surface area contributed by atoms with Crippen molar-refractivity contribution in [2.45, 2.75) is 115 Å². The maximum Gasteiger partial charge on any atom is 0.274 e. The van der Waals surface area contributed by atoms with Gasteiger partial charge in [-0.05, 0) is 19.8 Å².